The van der Waals surface area contributed by atoms with Gasteiger partial charge in [0.05, 0.1) is 0 Å². The van der Waals surface area contributed by atoms with Gasteiger partial charge in [0.2, 0.25) is 0 Å². The van der Waals surface area contributed by atoms with Gasteiger partial charge in [0.1, 0.15) is 0 Å². The fourth-order valence-electron chi connectivity index (χ4n) is 3.19. The highest BCUT2D eigenvalue weighted by molar-refractivity contribution is 5.08. The predicted octanol–water partition coefficient (Wildman–Crippen LogP) is 2.29. The third-order valence-corrected chi connectivity index (χ3v) is 3.89. The molecular weight excluding hydrogens is 222 g/mol. The van der Waals surface area contributed by atoms with E-state index in [-0.39, 0.29) is 0 Å². The molecule has 18 heavy (non-hydrogen) atoms. The number of rotatable bonds is 6. The van der Waals surface area contributed by atoms with Gasteiger partial charge in [0.15, 0.2) is 0 Å². The molecule has 100 valence electrons. The van der Waals surface area contributed by atoms with Gasteiger partial charge in [-0.3, -0.25) is 4.98 Å². The number of nitrogens with zero attached hydrogens (tertiary/aromatic N) is 2. The molecule has 1 aliphatic rings. The summed E-state index contributed by atoms with van der Waals surface area (Å²) in [4.78, 5) is 6.63. The molecule has 2 rings (SSSR count). The quantitative estimate of drug-likeness (QED) is 0.836. The van der Waals surface area contributed by atoms with E-state index in [2.05, 4.69) is 35.2 Å². The lowest BCUT2D eigenvalue weighted by molar-refractivity contribution is 0.172. The maximum Gasteiger partial charge on any atom is 0.0312 e. The first-order valence-electron chi connectivity index (χ1n) is 7.02. The highest BCUT2D eigenvalue weighted by Gasteiger charge is 2.33. The SMILES string of the molecule is CCCC1(CN(C)Cc2cccnc2)CCNC1. The van der Waals surface area contributed by atoms with Crippen molar-refractivity contribution in [3.8, 4) is 0 Å². The van der Waals surface area contributed by atoms with Gasteiger partial charge in [0, 0.05) is 32.0 Å². The third-order valence-electron chi connectivity index (χ3n) is 3.89. The summed E-state index contributed by atoms with van der Waals surface area (Å²) in [6.07, 6.45) is 7.73. The van der Waals surface area contributed by atoms with E-state index in [0.717, 1.165) is 6.54 Å². The molecule has 1 fully saturated rings. The normalized spacial score (nSPS) is 23.7. The first-order valence-corrected chi connectivity index (χ1v) is 7.02. The monoisotopic (exact) mass is 247 g/mol. The van der Waals surface area contributed by atoms with Gasteiger partial charge < -0.3 is 10.2 Å². The minimum absolute atomic E-state index is 0.492. The standard InChI is InChI=1S/C15H25N3/c1-3-6-15(7-9-17-12-15)13-18(2)11-14-5-4-8-16-10-14/h4-5,8,10,17H,3,6-7,9,11-13H2,1-2H3. The Bertz CT molecular complexity index is 344. The van der Waals surface area contributed by atoms with Crippen LogP contribution in [0.15, 0.2) is 24.5 Å². The third kappa shape index (κ3) is 3.53. The van der Waals surface area contributed by atoms with Crippen molar-refractivity contribution < 1.29 is 0 Å². The molecule has 1 N–H and O–H groups in total. The van der Waals surface area contributed by atoms with E-state index in [1.54, 1.807) is 0 Å². The van der Waals surface area contributed by atoms with Gasteiger partial charge in [-0.15, -0.1) is 0 Å². The predicted molar refractivity (Wildman–Crippen MR) is 75.4 cm³/mol. The lowest BCUT2D eigenvalue weighted by Crippen LogP contribution is -2.37. The van der Waals surface area contributed by atoms with Gasteiger partial charge in [0.25, 0.3) is 0 Å². The fourth-order valence-corrected chi connectivity index (χ4v) is 3.19. The van der Waals surface area contributed by atoms with Crippen LogP contribution in [0.5, 0.6) is 0 Å². The lowest BCUT2D eigenvalue weighted by Gasteiger charge is -2.33. The van der Waals surface area contributed by atoms with Crippen LogP contribution in [0.4, 0.5) is 0 Å². The molecule has 1 aromatic rings. The van der Waals surface area contributed by atoms with Crippen LogP contribution < -0.4 is 5.32 Å². The minimum Gasteiger partial charge on any atom is -0.316 e. The van der Waals surface area contributed by atoms with Gasteiger partial charge in [-0.2, -0.15) is 0 Å². The van der Waals surface area contributed by atoms with Crippen molar-refractivity contribution in [3.05, 3.63) is 30.1 Å². The summed E-state index contributed by atoms with van der Waals surface area (Å²) >= 11 is 0. The van der Waals surface area contributed by atoms with Crippen LogP contribution in [0.25, 0.3) is 0 Å². The molecule has 0 amide bonds. The van der Waals surface area contributed by atoms with Crippen molar-refractivity contribution >= 4 is 0 Å². The topological polar surface area (TPSA) is 28.2 Å². The van der Waals surface area contributed by atoms with Crippen LogP contribution in [0.1, 0.15) is 31.7 Å². The Kier molecular flexibility index (Phi) is 4.72. The summed E-state index contributed by atoms with van der Waals surface area (Å²) in [5, 5.41) is 3.53. The number of hydrogen-bond donors (Lipinski definition) is 1. The maximum atomic E-state index is 4.18. The van der Waals surface area contributed by atoms with Crippen LogP contribution in [0.3, 0.4) is 0 Å². The molecule has 1 aromatic heterocycles. The van der Waals surface area contributed by atoms with Crippen LogP contribution in [0.2, 0.25) is 0 Å². The van der Waals surface area contributed by atoms with Gasteiger partial charge in [-0.05, 0) is 43.5 Å². The average Bonchev–Trinajstić information content (AvgIpc) is 2.79. The molecule has 3 heteroatoms. The zero-order valence-corrected chi connectivity index (χ0v) is 11.7. The van der Waals surface area contributed by atoms with E-state index in [1.807, 2.05) is 18.5 Å². The Morgan fingerprint density at radius 2 is 2.39 bits per heavy atom. The number of hydrogen-bond acceptors (Lipinski definition) is 3. The molecule has 1 atom stereocenters. The van der Waals surface area contributed by atoms with Crippen molar-refractivity contribution in [2.45, 2.75) is 32.7 Å². The average molecular weight is 247 g/mol. The summed E-state index contributed by atoms with van der Waals surface area (Å²) in [7, 11) is 2.22. The zero-order chi connectivity index (χ0) is 12.8. The maximum absolute atomic E-state index is 4.18. The fraction of sp³-hybridized carbons (Fsp3) is 0.667. The highest BCUT2D eigenvalue weighted by atomic mass is 15.1. The van der Waals surface area contributed by atoms with Crippen molar-refractivity contribution in [3.63, 3.8) is 0 Å². The number of pyridine rings is 1. The number of aromatic nitrogens is 1. The summed E-state index contributed by atoms with van der Waals surface area (Å²) < 4.78 is 0. The summed E-state index contributed by atoms with van der Waals surface area (Å²) in [5.74, 6) is 0. The van der Waals surface area contributed by atoms with Crippen molar-refractivity contribution in [2.24, 2.45) is 5.41 Å². The molecule has 0 saturated carbocycles. The van der Waals surface area contributed by atoms with Crippen molar-refractivity contribution in [1.82, 2.24) is 15.2 Å². The van der Waals surface area contributed by atoms with Gasteiger partial charge >= 0.3 is 0 Å². The van der Waals surface area contributed by atoms with E-state index in [4.69, 9.17) is 0 Å². The Balaban J connectivity index is 1.91. The number of nitrogens with one attached hydrogen (secondary N) is 1. The zero-order valence-electron chi connectivity index (χ0n) is 11.7. The van der Waals surface area contributed by atoms with E-state index >= 15 is 0 Å². The Morgan fingerprint density at radius 3 is 3.00 bits per heavy atom. The van der Waals surface area contributed by atoms with E-state index < -0.39 is 0 Å². The molecule has 0 bridgehead atoms. The van der Waals surface area contributed by atoms with Gasteiger partial charge in [-0.25, -0.2) is 0 Å². The molecule has 0 radical (unpaired) electrons. The van der Waals surface area contributed by atoms with Crippen LogP contribution >= 0.6 is 0 Å². The molecule has 3 nitrogen and oxygen atoms in total. The van der Waals surface area contributed by atoms with Crippen molar-refractivity contribution in [1.29, 1.82) is 0 Å². The molecule has 0 aromatic carbocycles. The molecule has 1 saturated heterocycles. The summed E-state index contributed by atoms with van der Waals surface area (Å²) in [6, 6.07) is 4.17. The van der Waals surface area contributed by atoms with Crippen LogP contribution in [-0.2, 0) is 6.54 Å². The minimum atomic E-state index is 0.492. The molecule has 0 aliphatic carbocycles. The first-order chi connectivity index (χ1) is 8.74. The molecule has 1 aliphatic heterocycles. The summed E-state index contributed by atoms with van der Waals surface area (Å²) in [6.45, 7) is 6.84. The second-order valence-electron chi connectivity index (χ2n) is 5.71. The molecular formula is C15H25N3. The Labute approximate surface area is 111 Å². The smallest absolute Gasteiger partial charge is 0.0312 e. The highest BCUT2D eigenvalue weighted by Crippen LogP contribution is 2.32. The van der Waals surface area contributed by atoms with E-state index in [9.17, 15) is 0 Å². The van der Waals surface area contributed by atoms with E-state index in [1.165, 1.54) is 44.5 Å². The molecule has 2 heterocycles. The lowest BCUT2D eigenvalue weighted by atomic mass is 9.82. The van der Waals surface area contributed by atoms with Gasteiger partial charge in [-0.1, -0.05) is 19.4 Å². The summed E-state index contributed by atoms with van der Waals surface area (Å²) in [5.41, 5.74) is 1.80. The Morgan fingerprint density at radius 1 is 1.50 bits per heavy atom. The largest absolute Gasteiger partial charge is 0.316 e. The van der Waals surface area contributed by atoms with Crippen LogP contribution in [-0.4, -0.2) is 36.6 Å². The van der Waals surface area contributed by atoms with Crippen LogP contribution in [0, 0.1) is 5.41 Å². The van der Waals surface area contributed by atoms with E-state index in [0.29, 0.717) is 5.41 Å². The second-order valence-corrected chi connectivity index (χ2v) is 5.71. The molecule has 1 unspecified atom stereocenters. The first kappa shape index (κ1) is 13.5. The second kappa shape index (κ2) is 6.30. The molecule has 0 spiro atoms. The van der Waals surface area contributed by atoms with Crippen molar-refractivity contribution in [2.75, 3.05) is 26.7 Å². The Hall–Kier alpha value is -0.930.